The average molecular weight is 400 g/mol. The fourth-order valence-electron chi connectivity index (χ4n) is 4.49. The third kappa shape index (κ3) is 4.78. The molecular formula is C22H29FN4O2. The van der Waals surface area contributed by atoms with Crippen LogP contribution < -0.4 is 10.7 Å². The standard InChI is InChI=1S/C22H29FN4O2/c23-18-8-6-17(7-9-18)19-14-20-22(29)26(12-13-27(20)25-19)11-10-21(28)24-15-16-4-2-1-3-5-16/h6-9,12-13,16,19-20,25H,1-5,10-11,14-15H2,(H,24,28). The molecule has 1 saturated heterocycles. The molecule has 2 atom stereocenters. The number of nitrogens with zero attached hydrogens (tertiary/aromatic N) is 2. The minimum atomic E-state index is -0.305. The van der Waals surface area contributed by atoms with Crippen LogP contribution in [0, 0.1) is 11.7 Å². The summed E-state index contributed by atoms with van der Waals surface area (Å²) in [5, 5.41) is 4.85. The lowest BCUT2D eigenvalue weighted by Gasteiger charge is -2.31. The van der Waals surface area contributed by atoms with Crippen LogP contribution in [0.4, 0.5) is 4.39 Å². The molecule has 156 valence electrons. The number of amides is 2. The largest absolute Gasteiger partial charge is 0.356 e. The fourth-order valence-corrected chi connectivity index (χ4v) is 4.49. The number of rotatable bonds is 6. The molecule has 1 aliphatic carbocycles. The molecule has 0 aromatic heterocycles. The second-order valence-corrected chi connectivity index (χ2v) is 8.28. The number of carbonyl (C=O) groups is 2. The number of hydrogen-bond donors (Lipinski definition) is 2. The third-order valence-electron chi connectivity index (χ3n) is 6.24. The summed E-state index contributed by atoms with van der Waals surface area (Å²) >= 11 is 0. The second kappa shape index (κ2) is 8.95. The van der Waals surface area contributed by atoms with Gasteiger partial charge in [0.2, 0.25) is 5.91 Å². The number of benzene rings is 1. The molecule has 2 heterocycles. The summed E-state index contributed by atoms with van der Waals surface area (Å²) in [6, 6.07) is 6.02. The van der Waals surface area contributed by atoms with Crippen LogP contribution in [0.15, 0.2) is 36.7 Å². The molecule has 2 fully saturated rings. The van der Waals surface area contributed by atoms with E-state index in [-0.39, 0.29) is 29.7 Å². The zero-order chi connectivity index (χ0) is 20.2. The summed E-state index contributed by atoms with van der Waals surface area (Å²) in [7, 11) is 0. The van der Waals surface area contributed by atoms with Crippen molar-refractivity contribution in [3.05, 3.63) is 48.0 Å². The first-order chi connectivity index (χ1) is 14.1. The Bertz CT molecular complexity index is 761. The van der Waals surface area contributed by atoms with E-state index in [4.69, 9.17) is 0 Å². The highest BCUT2D eigenvalue weighted by Crippen LogP contribution is 2.31. The number of halogens is 1. The Labute approximate surface area is 171 Å². The van der Waals surface area contributed by atoms with Crippen molar-refractivity contribution in [1.29, 1.82) is 0 Å². The molecular weight excluding hydrogens is 371 g/mol. The van der Waals surface area contributed by atoms with E-state index in [2.05, 4.69) is 10.7 Å². The summed E-state index contributed by atoms with van der Waals surface area (Å²) in [5.41, 5.74) is 4.25. The van der Waals surface area contributed by atoms with Gasteiger partial charge in [0, 0.05) is 31.9 Å². The number of hydrazine groups is 1. The maximum Gasteiger partial charge on any atom is 0.250 e. The maximum absolute atomic E-state index is 13.2. The van der Waals surface area contributed by atoms with Crippen molar-refractivity contribution < 1.29 is 14.0 Å². The molecule has 0 radical (unpaired) electrons. The van der Waals surface area contributed by atoms with Gasteiger partial charge >= 0.3 is 0 Å². The van der Waals surface area contributed by atoms with Crippen molar-refractivity contribution in [3.8, 4) is 0 Å². The number of hydrogen-bond acceptors (Lipinski definition) is 4. The molecule has 0 spiro atoms. The zero-order valence-corrected chi connectivity index (χ0v) is 16.6. The molecule has 2 amide bonds. The van der Waals surface area contributed by atoms with Crippen LogP contribution in [0.25, 0.3) is 0 Å². The molecule has 29 heavy (non-hydrogen) atoms. The van der Waals surface area contributed by atoms with Crippen LogP contribution in [0.3, 0.4) is 0 Å². The fraction of sp³-hybridized carbons (Fsp3) is 0.545. The van der Waals surface area contributed by atoms with Crippen molar-refractivity contribution in [1.82, 2.24) is 20.7 Å². The molecule has 6 nitrogen and oxygen atoms in total. The molecule has 2 aliphatic heterocycles. The van der Waals surface area contributed by atoms with Gasteiger partial charge in [-0.1, -0.05) is 31.4 Å². The first kappa shape index (κ1) is 19.9. The molecule has 2 unspecified atom stereocenters. The molecule has 3 aliphatic rings. The highest BCUT2D eigenvalue weighted by Gasteiger charge is 2.39. The van der Waals surface area contributed by atoms with Gasteiger partial charge in [0.05, 0.1) is 6.04 Å². The van der Waals surface area contributed by atoms with E-state index in [1.807, 2.05) is 11.2 Å². The smallest absolute Gasteiger partial charge is 0.250 e. The lowest BCUT2D eigenvalue weighted by atomic mass is 9.89. The van der Waals surface area contributed by atoms with Gasteiger partial charge in [-0.05, 0) is 42.9 Å². The summed E-state index contributed by atoms with van der Waals surface area (Å²) in [5.74, 6) is 0.330. The van der Waals surface area contributed by atoms with Gasteiger partial charge in [-0.2, -0.15) is 0 Å². The van der Waals surface area contributed by atoms with Crippen LogP contribution in [-0.4, -0.2) is 40.9 Å². The molecule has 1 aromatic rings. The predicted octanol–water partition coefficient (Wildman–Crippen LogP) is 2.85. The van der Waals surface area contributed by atoms with E-state index >= 15 is 0 Å². The van der Waals surface area contributed by atoms with E-state index in [9.17, 15) is 14.0 Å². The van der Waals surface area contributed by atoms with E-state index in [0.717, 1.165) is 12.1 Å². The Balaban J connectivity index is 1.25. The van der Waals surface area contributed by atoms with Crippen molar-refractivity contribution in [2.24, 2.45) is 5.92 Å². The minimum Gasteiger partial charge on any atom is -0.356 e. The maximum atomic E-state index is 13.2. The van der Waals surface area contributed by atoms with Gasteiger partial charge < -0.3 is 15.2 Å². The monoisotopic (exact) mass is 400 g/mol. The number of nitrogens with one attached hydrogen (secondary N) is 2. The Morgan fingerprint density at radius 3 is 2.66 bits per heavy atom. The normalized spacial score (nSPS) is 24.7. The first-order valence-electron chi connectivity index (χ1n) is 10.7. The van der Waals surface area contributed by atoms with E-state index in [0.29, 0.717) is 25.3 Å². The van der Waals surface area contributed by atoms with Crippen LogP contribution in [-0.2, 0) is 9.59 Å². The Hall–Kier alpha value is -2.41. The average Bonchev–Trinajstić information content (AvgIpc) is 3.18. The van der Waals surface area contributed by atoms with E-state index in [1.54, 1.807) is 23.2 Å². The quantitative estimate of drug-likeness (QED) is 0.771. The molecule has 0 bridgehead atoms. The Morgan fingerprint density at radius 2 is 1.90 bits per heavy atom. The van der Waals surface area contributed by atoms with Gasteiger partial charge in [-0.25, -0.2) is 9.82 Å². The highest BCUT2D eigenvalue weighted by molar-refractivity contribution is 5.85. The van der Waals surface area contributed by atoms with Gasteiger partial charge in [0.1, 0.15) is 11.9 Å². The van der Waals surface area contributed by atoms with Crippen molar-refractivity contribution in [2.45, 2.75) is 57.0 Å². The van der Waals surface area contributed by atoms with E-state index < -0.39 is 0 Å². The summed E-state index contributed by atoms with van der Waals surface area (Å²) in [4.78, 5) is 26.7. The lowest BCUT2D eigenvalue weighted by molar-refractivity contribution is -0.134. The van der Waals surface area contributed by atoms with Crippen LogP contribution >= 0.6 is 0 Å². The number of fused-ring (bicyclic) bond motifs is 1. The minimum absolute atomic E-state index is 0.00735. The molecule has 1 aromatic carbocycles. The van der Waals surface area contributed by atoms with Crippen molar-refractivity contribution in [2.75, 3.05) is 13.1 Å². The molecule has 1 saturated carbocycles. The third-order valence-corrected chi connectivity index (χ3v) is 6.24. The lowest BCUT2D eigenvalue weighted by Crippen LogP contribution is -2.48. The highest BCUT2D eigenvalue weighted by atomic mass is 19.1. The van der Waals surface area contributed by atoms with Crippen LogP contribution in [0.5, 0.6) is 0 Å². The summed E-state index contributed by atoms with van der Waals surface area (Å²) in [6.07, 6.45) is 10.7. The SMILES string of the molecule is O=C(CCN1C=CN2NC(c3ccc(F)cc3)CC2C1=O)NCC1CCCCC1. The Kier molecular flexibility index (Phi) is 6.13. The second-order valence-electron chi connectivity index (χ2n) is 8.28. The summed E-state index contributed by atoms with van der Waals surface area (Å²) < 4.78 is 13.2. The zero-order valence-electron chi connectivity index (χ0n) is 16.6. The van der Waals surface area contributed by atoms with Gasteiger partial charge in [0.15, 0.2) is 0 Å². The van der Waals surface area contributed by atoms with Crippen LogP contribution in [0.2, 0.25) is 0 Å². The van der Waals surface area contributed by atoms with Gasteiger partial charge in [-0.15, -0.1) is 0 Å². The molecule has 7 heteroatoms. The van der Waals surface area contributed by atoms with Crippen LogP contribution in [0.1, 0.15) is 56.6 Å². The number of carbonyl (C=O) groups excluding carboxylic acids is 2. The molecule has 2 N–H and O–H groups in total. The van der Waals surface area contributed by atoms with Crippen molar-refractivity contribution in [3.63, 3.8) is 0 Å². The van der Waals surface area contributed by atoms with Crippen molar-refractivity contribution >= 4 is 11.8 Å². The Morgan fingerprint density at radius 1 is 1.14 bits per heavy atom. The predicted molar refractivity (Wildman–Crippen MR) is 108 cm³/mol. The van der Waals surface area contributed by atoms with E-state index in [1.165, 1.54) is 44.2 Å². The first-order valence-corrected chi connectivity index (χ1v) is 10.7. The summed E-state index contributed by atoms with van der Waals surface area (Å²) in [6.45, 7) is 1.14. The topological polar surface area (TPSA) is 64.7 Å². The van der Waals surface area contributed by atoms with Gasteiger partial charge in [0.25, 0.3) is 5.91 Å². The van der Waals surface area contributed by atoms with Gasteiger partial charge in [-0.3, -0.25) is 9.59 Å². The molecule has 4 rings (SSSR count).